The molecule has 2 atom stereocenters. The highest BCUT2D eigenvalue weighted by atomic mass is 79.9. The zero-order valence-corrected chi connectivity index (χ0v) is 15.7. The van der Waals surface area contributed by atoms with Gasteiger partial charge in [0.25, 0.3) is 0 Å². The van der Waals surface area contributed by atoms with Crippen LogP contribution in [0.1, 0.15) is 32.8 Å². The number of nitrogens with two attached hydrogens (primary N) is 1. The van der Waals surface area contributed by atoms with E-state index in [1.54, 1.807) is 0 Å². The minimum absolute atomic E-state index is 0.214. The van der Waals surface area contributed by atoms with Crippen molar-refractivity contribution >= 4 is 33.7 Å². The molecule has 0 fully saturated rings. The third-order valence-corrected chi connectivity index (χ3v) is 3.94. The fourth-order valence-electron chi connectivity index (χ4n) is 2.30. The molecular weight excluding hydrogens is 374 g/mol. The normalized spacial score (nSPS) is 13.2. The Bertz CT molecular complexity index is 587. The first-order chi connectivity index (χ1) is 11.2. The number of hydrogen-bond acceptors (Lipinski definition) is 3. The van der Waals surface area contributed by atoms with Crippen molar-refractivity contribution in [1.29, 1.82) is 0 Å². The van der Waals surface area contributed by atoms with Gasteiger partial charge in [0, 0.05) is 17.8 Å². The summed E-state index contributed by atoms with van der Waals surface area (Å²) in [5.74, 6) is -1.09. The molecule has 0 aliphatic carbocycles. The highest BCUT2D eigenvalue weighted by Gasteiger charge is 2.25. The standard InChI is InChI=1S/C17H24BrN3O3/c1-10(2)8-15(20-11(3)22)17(24)21-14(16(19)23)9-12-4-6-13(18)7-5-12/h4-7,10,14-15H,8-9H2,1-3H3,(H2,19,23)(H,20,22)(H,21,24)/t14-,15-/m0/s1. The SMILES string of the molecule is CC(=O)N[C@@H](CC(C)C)C(=O)N[C@@H](Cc1ccc(Br)cc1)C(N)=O. The maximum absolute atomic E-state index is 12.4. The Balaban J connectivity index is 2.80. The van der Waals surface area contributed by atoms with Crippen LogP contribution >= 0.6 is 15.9 Å². The van der Waals surface area contributed by atoms with Gasteiger partial charge in [-0.05, 0) is 30.0 Å². The monoisotopic (exact) mass is 397 g/mol. The molecule has 1 aromatic carbocycles. The minimum Gasteiger partial charge on any atom is -0.368 e. The Labute approximate surface area is 150 Å². The molecule has 0 aliphatic heterocycles. The molecule has 0 spiro atoms. The average Bonchev–Trinajstić information content (AvgIpc) is 2.46. The highest BCUT2D eigenvalue weighted by Crippen LogP contribution is 2.12. The molecule has 132 valence electrons. The van der Waals surface area contributed by atoms with Crippen molar-refractivity contribution in [3.63, 3.8) is 0 Å². The summed E-state index contributed by atoms with van der Waals surface area (Å²) < 4.78 is 0.925. The molecule has 0 aliphatic rings. The first kappa shape index (κ1) is 20.2. The third-order valence-electron chi connectivity index (χ3n) is 3.41. The van der Waals surface area contributed by atoms with E-state index in [1.165, 1.54) is 6.92 Å². The molecule has 0 bridgehead atoms. The van der Waals surface area contributed by atoms with Crippen molar-refractivity contribution in [3.05, 3.63) is 34.3 Å². The lowest BCUT2D eigenvalue weighted by atomic mass is 10.0. The van der Waals surface area contributed by atoms with Crippen molar-refractivity contribution < 1.29 is 14.4 Å². The van der Waals surface area contributed by atoms with E-state index in [4.69, 9.17) is 5.73 Å². The van der Waals surface area contributed by atoms with E-state index in [0.717, 1.165) is 10.0 Å². The van der Waals surface area contributed by atoms with E-state index < -0.39 is 23.9 Å². The molecule has 0 aromatic heterocycles. The van der Waals surface area contributed by atoms with Crippen LogP contribution in [-0.2, 0) is 20.8 Å². The van der Waals surface area contributed by atoms with Crippen molar-refractivity contribution in [3.8, 4) is 0 Å². The number of halogens is 1. The summed E-state index contributed by atoms with van der Waals surface area (Å²) in [7, 11) is 0. The van der Waals surface area contributed by atoms with Gasteiger partial charge in [-0.2, -0.15) is 0 Å². The number of rotatable bonds is 8. The van der Waals surface area contributed by atoms with Gasteiger partial charge < -0.3 is 16.4 Å². The molecule has 1 rings (SSSR count). The molecule has 0 heterocycles. The lowest BCUT2D eigenvalue weighted by molar-refractivity contribution is -0.131. The Morgan fingerprint density at radius 1 is 1.08 bits per heavy atom. The van der Waals surface area contributed by atoms with E-state index in [2.05, 4.69) is 26.6 Å². The minimum atomic E-state index is -0.831. The van der Waals surface area contributed by atoms with Crippen LogP contribution in [-0.4, -0.2) is 29.8 Å². The van der Waals surface area contributed by atoms with Gasteiger partial charge in [-0.3, -0.25) is 14.4 Å². The van der Waals surface area contributed by atoms with Gasteiger partial charge in [-0.15, -0.1) is 0 Å². The predicted octanol–water partition coefficient (Wildman–Crippen LogP) is 1.51. The summed E-state index contributed by atoms with van der Waals surface area (Å²) in [5, 5.41) is 5.27. The van der Waals surface area contributed by atoms with Crippen molar-refractivity contribution in [2.24, 2.45) is 11.7 Å². The van der Waals surface area contributed by atoms with E-state index in [0.29, 0.717) is 12.8 Å². The second-order valence-corrected chi connectivity index (χ2v) is 7.09. The van der Waals surface area contributed by atoms with Crippen LogP contribution in [0.4, 0.5) is 0 Å². The lowest BCUT2D eigenvalue weighted by Crippen LogP contribution is -2.53. The molecule has 0 unspecified atom stereocenters. The summed E-state index contributed by atoms with van der Waals surface area (Å²) in [4.78, 5) is 35.4. The molecular formula is C17H24BrN3O3. The number of nitrogens with one attached hydrogen (secondary N) is 2. The Morgan fingerprint density at radius 2 is 1.67 bits per heavy atom. The number of carbonyl (C=O) groups excluding carboxylic acids is 3. The van der Waals surface area contributed by atoms with Gasteiger partial charge in [0.1, 0.15) is 12.1 Å². The van der Waals surface area contributed by atoms with Crippen molar-refractivity contribution in [2.45, 2.75) is 45.7 Å². The Hall–Kier alpha value is -1.89. The summed E-state index contributed by atoms with van der Waals surface area (Å²) in [6, 6.07) is 5.90. The van der Waals surface area contributed by atoms with Crippen LogP contribution in [0, 0.1) is 5.92 Å². The van der Waals surface area contributed by atoms with E-state index in [-0.39, 0.29) is 11.8 Å². The van der Waals surface area contributed by atoms with Crippen molar-refractivity contribution in [1.82, 2.24) is 10.6 Å². The molecule has 7 heteroatoms. The number of primary amides is 1. The van der Waals surface area contributed by atoms with Gasteiger partial charge in [0.2, 0.25) is 17.7 Å². The second kappa shape index (κ2) is 9.42. The van der Waals surface area contributed by atoms with Gasteiger partial charge >= 0.3 is 0 Å². The highest BCUT2D eigenvalue weighted by molar-refractivity contribution is 9.10. The van der Waals surface area contributed by atoms with Crippen LogP contribution in [0.2, 0.25) is 0 Å². The molecule has 1 aromatic rings. The zero-order chi connectivity index (χ0) is 18.3. The molecule has 0 saturated heterocycles. The fourth-order valence-corrected chi connectivity index (χ4v) is 2.56. The summed E-state index contributed by atoms with van der Waals surface area (Å²) in [6.45, 7) is 5.26. The van der Waals surface area contributed by atoms with Crippen LogP contribution < -0.4 is 16.4 Å². The lowest BCUT2D eigenvalue weighted by Gasteiger charge is -2.22. The molecule has 4 N–H and O–H groups in total. The Kier molecular flexibility index (Phi) is 7.91. The number of amides is 3. The van der Waals surface area contributed by atoms with Gasteiger partial charge in [-0.25, -0.2) is 0 Å². The predicted molar refractivity (Wildman–Crippen MR) is 96.0 cm³/mol. The summed E-state index contributed by atoms with van der Waals surface area (Å²) in [5.41, 5.74) is 6.29. The largest absolute Gasteiger partial charge is 0.368 e. The summed E-state index contributed by atoms with van der Waals surface area (Å²) >= 11 is 3.34. The van der Waals surface area contributed by atoms with Gasteiger partial charge in [-0.1, -0.05) is 41.9 Å². The zero-order valence-electron chi connectivity index (χ0n) is 14.1. The van der Waals surface area contributed by atoms with E-state index in [9.17, 15) is 14.4 Å². The first-order valence-corrected chi connectivity index (χ1v) is 8.59. The first-order valence-electron chi connectivity index (χ1n) is 7.80. The maximum Gasteiger partial charge on any atom is 0.243 e. The smallest absolute Gasteiger partial charge is 0.243 e. The number of benzene rings is 1. The molecule has 0 radical (unpaired) electrons. The van der Waals surface area contributed by atoms with Crippen LogP contribution in [0.3, 0.4) is 0 Å². The third kappa shape index (κ3) is 7.12. The number of carbonyl (C=O) groups is 3. The Morgan fingerprint density at radius 3 is 2.12 bits per heavy atom. The maximum atomic E-state index is 12.4. The second-order valence-electron chi connectivity index (χ2n) is 6.18. The quantitative estimate of drug-likeness (QED) is 0.619. The van der Waals surface area contributed by atoms with Crippen molar-refractivity contribution in [2.75, 3.05) is 0 Å². The molecule has 0 saturated carbocycles. The fraction of sp³-hybridized carbons (Fsp3) is 0.471. The van der Waals surface area contributed by atoms with Gasteiger partial charge in [0.15, 0.2) is 0 Å². The van der Waals surface area contributed by atoms with Crippen LogP contribution in [0.15, 0.2) is 28.7 Å². The van der Waals surface area contributed by atoms with E-state index in [1.807, 2.05) is 38.1 Å². The number of hydrogen-bond donors (Lipinski definition) is 3. The van der Waals surface area contributed by atoms with E-state index >= 15 is 0 Å². The van der Waals surface area contributed by atoms with Gasteiger partial charge in [0.05, 0.1) is 0 Å². The summed E-state index contributed by atoms with van der Waals surface area (Å²) in [6.07, 6.45) is 0.776. The molecule has 3 amide bonds. The van der Waals surface area contributed by atoms with Crippen LogP contribution in [0.5, 0.6) is 0 Å². The average molecular weight is 398 g/mol. The topological polar surface area (TPSA) is 101 Å². The molecule has 6 nitrogen and oxygen atoms in total. The van der Waals surface area contributed by atoms with Crippen LogP contribution in [0.25, 0.3) is 0 Å². The molecule has 24 heavy (non-hydrogen) atoms.